The maximum Gasteiger partial charge on any atom is 0.362 e. The van der Waals surface area contributed by atoms with Crippen LogP contribution in [0, 0.1) is 0 Å². The second-order valence-electron chi connectivity index (χ2n) is 15.2. The number of quaternary nitrogens is 1. The summed E-state index contributed by atoms with van der Waals surface area (Å²) < 4.78 is 17.2. The van der Waals surface area contributed by atoms with E-state index in [2.05, 4.69) is 98.9 Å². The Kier molecular flexibility index (Phi) is 36.0. The summed E-state index contributed by atoms with van der Waals surface area (Å²) in [6.07, 6.45) is 49.3. The van der Waals surface area contributed by atoms with Crippen LogP contribution in [0.15, 0.2) is 85.1 Å². The van der Waals surface area contributed by atoms with Crippen molar-refractivity contribution in [2.45, 2.75) is 161 Å². The van der Waals surface area contributed by atoms with Crippen molar-refractivity contribution in [1.82, 2.24) is 0 Å². The minimum Gasteiger partial charge on any atom is -0.477 e. The third-order valence-corrected chi connectivity index (χ3v) is 9.06. The number of carbonyl (C=O) groups excluding carboxylic acids is 2. The smallest absolute Gasteiger partial charge is 0.362 e. The van der Waals surface area contributed by atoms with Gasteiger partial charge in [0.15, 0.2) is 12.1 Å². The Morgan fingerprint density at radius 2 is 1.00 bits per heavy atom. The highest BCUT2D eigenvalue weighted by molar-refractivity contribution is 5.72. The Bertz CT molecular complexity index is 1190. The molecule has 0 saturated heterocycles. The van der Waals surface area contributed by atoms with Gasteiger partial charge in [-0.05, 0) is 64.2 Å². The quantitative estimate of drug-likeness (QED) is 0.0290. The molecule has 0 heterocycles. The SMILES string of the molecule is CC/C=C/C/C=C/C/C=C/C/C=C/C/C=C/C/C=C/C/C=C/CCCC(=O)OC(COCCC(C(=O)O)[N+](C)(C)C)COC(=O)CCCCCCCCCCC. The number of hydrogen-bond donors (Lipinski definition) is 1. The van der Waals surface area contributed by atoms with Crippen LogP contribution in [0.4, 0.5) is 0 Å². The summed E-state index contributed by atoms with van der Waals surface area (Å²) in [7, 11) is 5.49. The van der Waals surface area contributed by atoms with Gasteiger partial charge >= 0.3 is 17.9 Å². The zero-order chi connectivity index (χ0) is 41.4. The molecule has 0 saturated carbocycles. The molecule has 56 heavy (non-hydrogen) atoms. The van der Waals surface area contributed by atoms with E-state index in [0.29, 0.717) is 19.3 Å². The van der Waals surface area contributed by atoms with Gasteiger partial charge < -0.3 is 23.8 Å². The van der Waals surface area contributed by atoms with Crippen molar-refractivity contribution in [1.29, 1.82) is 0 Å². The van der Waals surface area contributed by atoms with Gasteiger partial charge in [0.2, 0.25) is 0 Å². The fourth-order valence-corrected chi connectivity index (χ4v) is 5.73. The Labute approximate surface area is 342 Å². The first kappa shape index (κ1) is 52.5. The van der Waals surface area contributed by atoms with Crippen molar-refractivity contribution in [2.24, 2.45) is 0 Å². The lowest BCUT2D eigenvalue weighted by atomic mass is 10.1. The van der Waals surface area contributed by atoms with Crippen LogP contribution in [0.3, 0.4) is 0 Å². The number of allylic oxidation sites excluding steroid dienone is 14. The Morgan fingerprint density at radius 3 is 1.46 bits per heavy atom. The van der Waals surface area contributed by atoms with Crippen molar-refractivity contribution in [3.05, 3.63) is 85.1 Å². The average Bonchev–Trinajstić information content (AvgIpc) is 3.15. The number of carboxylic acid groups (broad SMARTS) is 1. The molecule has 0 amide bonds. The minimum atomic E-state index is -0.888. The van der Waals surface area contributed by atoms with Crippen LogP contribution in [-0.2, 0) is 28.6 Å². The predicted octanol–water partition coefficient (Wildman–Crippen LogP) is 11.7. The summed E-state index contributed by atoms with van der Waals surface area (Å²) in [4.78, 5) is 36.8. The lowest BCUT2D eigenvalue weighted by Crippen LogP contribution is -2.50. The van der Waals surface area contributed by atoms with Gasteiger partial charge in [-0.25, -0.2) is 4.79 Å². The Morgan fingerprint density at radius 1 is 0.554 bits per heavy atom. The molecule has 2 unspecified atom stereocenters. The zero-order valence-electron chi connectivity index (χ0n) is 36.1. The molecule has 0 aromatic rings. The monoisotopic (exact) mass is 783 g/mol. The van der Waals surface area contributed by atoms with E-state index in [1.165, 1.54) is 38.5 Å². The number of hydrogen-bond acceptors (Lipinski definition) is 6. The highest BCUT2D eigenvalue weighted by atomic mass is 16.6. The van der Waals surface area contributed by atoms with Gasteiger partial charge in [0, 0.05) is 19.3 Å². The van der Waals surface area contributed by atoms with E-state index in [1.54, 1.807) is 0 Å². The molecule has 0 bridgehead atoms. The average molecular weight is 783 g/mol. The first-order chi connectivity index (χ1) is 27.1. The molecule has 0 aliphatic rings. The van der Waals surface area contributed by atoms with Crippen molar-refractivity contribution in [3.8, 4) is 0 Å². The molecule has 0 fully saturated rings. The molecule has 0 aliphatic heterocycles. The standard InChI is InChI=1S/C48H79NO7/c1-6-8-10-12-14-16-17-18-19-20-21-22-23-24-25-26-27-28-29-31-33-35-37-39-47(51)56-44(42-54-41-40-45(48(52)53)49(3,4)5)43-55-46(50)38-36-34-32-30-15-13-11-9-7-2/h8,10,14,16,18-19,21-22,24-25,27-28,31,33,44-45H,6-7,9,11-13,15,17,20,23,26,29-30,32,34-43H2,1-5H3/p+1/b10-8+,16-14+,19-18+,22-21+,25-24+,28-27+,33-31+. The molecule has 0 aromatic carbocycles. The van der Waals surface area contributed by atoms with E-state index < -0.39 is 18.1 Å². The van der Waals surface area contributed by atoms with E-state index >= 15 is 0 Å². The predicted molar refractivity (Wildman–Crippen MR) is 233 cm³/mol. The number of ether oxygens (including phenoxy) is 3. The number of rotatable bonds is 37. The zero-order valence-corrected chi connectivity index (χ0v) is 36.1. The van der Waals surface area contributed by atoms with Crippen LogP contribution in [0.25, 0.3) is 0 Å². The number of unbranched alkanes of at least 4 members (excludes halogenated alkanes) is 9. The number of nitrogens with zero attached hydrogens (tertiary/aromatic N) is 1. The fourth-order valence-electron chi connectivity index (χ4n) is 5.73. The van der Waals surface area contributed by atoms with E-state index in [-0.39, 0.29) is 42.7 Å². The summed E-state index contributed by atoms with van der Waals surface area (Å²) in [5.74, 6) is -1.56. The van der Waals surface area contributed by atoms with E-state index in [9.17, 15) is 19.5 Å². The van der Waals surface area contributed by atoms with Gasteiger partial charge in [0.05, 0.1) is 34.4 Å². The van der Waals surface area contributed by atoms with Crippen LogP contribution in [0.5, 0.6) is 0 Å². The first-order valence-corrected chi connectivity index (χ1v) is 21.6. The highest BCUT2D eigenvalue weighted by Gasteiger charge is 2.31. The second-order valence-corrected chi connectivity index (χ2v) is 15.2. The van der Waals surface area contributed by atoms with Crippen LogP contribution < -0.4 is 0 Å². The molecular formula is C48H80NO7+. The van der Waals surface area contributed by atoms with Gasteiger partial charge in [-0.3, -0.25) is 9.59 Å². The second kappa shape index (κ2) is 38.4. The summed E-state index contributed by atoms with van der Waals surface area (Å²) >= 11 is 0. The third-order valence-electron chi connectivity index (χ3n) is 9.06. The molecule has 8 heteroatoms. The number of esters is 2. The summed E-state index contributed by atoms with van der Waals surface area (Å²) in [6.45, 7) is 4.52. The van der Waals surface area contributed by atoms with Crippen LogP contribution in [0.2, 0.25) is 0 Å². The first-order valence-electron chi connectivity index (χ1n) is 21.6. The summed E-state index contributed by atoms with van der Waals surface area (Å²) in [5, 5.41) is 9.60. The van der Waals surface area contributed by atoms with Gasteiger partial charge in [0.1, 0.15) is 6.61 Å². The van der Waals surface area contributed by atoms with Gasteiger partial charge in [-0.2, -0.15) is 0 Å². The van der Waals surface area contributed by atoms with Crippen molar-refractivity contribution < 1.29 is 38.2 Å². The summed E-state index contributed by atoms with van der Waals surface area (Å²) in [6, 6.07) is -0.627. The molecule has 0 rings (SSSR count). The normalized spacial score (nSPS) is 13.8. The van der Waals surface area contributed by atoms with Crippen molar-refractivity contribution >= 4 is 17.9 Å². The lowest BCUT2D eigenvalue weighted by Gasteiger charge is -2.31. The van der Waals surface area contributed by atoms with Crippen LogP contribution >= 0.6 is 0 Å². The van der Waals surface area contributed by atoms with Crippen molar-refractivity contribution in [3.63, 3.8) is 0 Å². The maximum absolute atomic E-state index is 12.7. The highest BCUT2D eigenvalue weighted by Crippen LogP contribution is 2.12. The van der Waals surface area contributed by atoms with Crippen LogP contribution in [-0.4, -0.2) is 80.6 Å². The molecule has 0 aromatic heterocycles. The minimum absolute atomic E-state index is 0.0341. The number of carboxylic acids is 1. The molecule has 0 aliphatic carbocycles. The number of carbonyl (C=O) groups is 3. The summed E-state index contributed by atoms with van der Waals surface area (Å²) in [5.41, 5.74) is 0. The molecular weight excluding hydrogens is 703 g/mol. The van der Waals surface area contributed by atoms with E-state index in [4.69, 9.17) is 14.2 Å². The lowest BCUT2D eigenvalue weighted by molar-refractivity contribution is -0.887. The van der Waals surface area contributed by atoms with Crippen LogP contribution in [0.1, 0.15) is 149 Å². The number of likely N-dealkylation sites (N-methyl/N-ethyl adjacent to an activating group) is 1. The molecule has 2 atom stereocenters. The fraction of sp³-hybridized carbons (Fsp3) is 0.646. The van der Waals surface area contributed by atoms with Gasteiger partial charge in [-0.15, -0.1) is 0 Å². The molecule has 0 radical (unpaired) electrons. The Balaban J connectivity index is 4.43. The molecule has 318 valence electrons. The third kappa shape index (κ3) is 36.2. The van der Waals surface area contributed by atoms with E-state index in [0.717, 1.165) is 70.6 Å². The van der Waals surface area contributed by atoms with Crippen molar-refractivity contribution in [2.75, 3.05) is 41.0 Å². The van der Waals surface area contributed by atoms with Gasteiger partial charge in [-0.1, -0.05) is 150 Å². The van der Waals surface area contributed by atoms with Gasteiger partial charge in [0.25, 0.3) is 0 Å². The maximum atomic E-state index is 12.7. The molecule has 0 spiro atoms. The largest absolute Gasteiger partial charge is 0.477 e. The molecule has 8 nitrogen and oxygen atoms in total. The Hall–Kier alpha value is -3.49. The topological polar surface area (TPSA) is 99.1 Å². The van der Waals surface area contributed by atoms with E-state index in [1.807, 2.05) is 21.1 Å². The molecule has 1 N–H and O–H groups in total. The number of aliphatic carboxylic acids is 1.